The third-order valence-corrected chi connectivity index (χ3v) is 7.62. The Hall–Kier alpha value is -4.24. The summed E-state index contributed by atoms with van der Waals surface area (Å²) in [6, 6.07) is 40.2. The van der Waals surface area contributed by atoms with Gasteiger partial charge in [0.05, 0.1) is 5.52 Å². The van der Waals surface area contributed by atoms with Gasteiger partial charge in [-0.25, -0.2) is 0 Å². The van der Waals surface area contributed by atoms with Crippen molar-refractivity contribution >= 4 is 62.0 Å². The second-order valence-corrected chi connectivity index (χ2v) is 9.47. The Bertz CT molecular complexity index is 1780. The van der Waals surface area contributed by atoms with E-state index in [1.165, 1.54) is 66.5 Å². The number of hydrogen-bond acceptors (Lipinski definition) is 1. The van der Waals surface area contributed by atoms with Gasteiger partial charge in [0.25, 0.3) is 6.71 Å². The van der Waals surface area contributed by atoms with E-state index >= 15 is 0 Å². The molecule has 1 aromatic heterocycles. The van der Waals surface area contributed by atoms with Crippen molar-refractivity contribution in [3.8, 4) is 5.69 Å². The van der Waals surface area contributed by atoms with E-state index in [1.807, 2.05) is 0 Å². The van der Waals surface area contributed by atoms with Crippen molar-refractivity contribution in [3.05, 3.63) is 115 Å². The highest BCUT2D eigenvalue weighted by molar-refractivity contribution is 7.00. The third-order valence-electron chi connectivity index (χ3n) is 7.62. The second-order valence-electron chi connectivity index (χ2n) is 9.47. The largest absolute Gasteiger partial charge is 0.311 e. The molecule has 0 amide bonds. The molecule has 0 spiro atoms. The number of para-hydroxylation sites is 3. The summed E-state index contributed by atoms with van der Waals surface area (Å²) < 4.78 is 2.50. The van der Waals surface area contributed by atoms with Crippen LogP contribution in [0.3, 0.4) is 0 Å². The Morgan fingerprint density at radius 1 is 0.588 bits per heavy atom. The van der Waals surface area contributed by atoms with E-state index in [1.54, 1.807) is 0 Å². The minimum Gasteiger partial charge on any atom is -0.311 e. The fourth-order valence-corrected chi connectivity index (χ4v) is 6.33. The quantitative estimate of drug-likeness (QED) is 0.302. The second kappa shape index (κ2) is 6.42. The first-order valence-corrected chi connectivity index (χ1v) is 11.9. The summed E-state index contributed by atoms with van der Waals surface area (Å²) in [5.74, 6) is 0. The van der Waals surface area contributed by atoms with E-state index in [0.717, 1.165) is 0 Å². The highest BCUT2D eigenvalue weighted by Crippen LogP contribution is 2.40. The average Bonchev–Trinajstić information content (AvgIpc) is 3.22. The molecule has 0 atom stereocenters. The molecule has 158 valence electrons. The van der Waals surface area contributed by atoms with Crippen molar-refractivity contribution in [2.45, 2.75) is 6.92 Å². The van der Waals surface area contributed by atoms with Gasteiger partial charge in [0.2, 0.25) is 0 Å². The Kier molecular flexibility index (Phi) is 3.44. The molecule has 2 nitrogen and oxygen atoms in total. The highest BCUT2D eigenvalue weighted by atomic mass is 15.2. The van der Waals surface area contributed by atoms with Gasteiger partial charge in [0.1, 0.15) is 0 Å². The number of nitrogens with zero attached hydrogens (tertiary/aromatic N) is 2. The minimum atomic E-state index is 0.210. The van der Waals surface area contributed by atoms with Crippen molar-refractivity contribution in [3.63, 3.8) is 0 Å². The zero-order chi connectivity index (χ0) is 22.4. The average molecular weight is 432 g/mol. The van der Waals surface area contributed by atoms with Gasteiger partial charge >= 0.3 is 0 Å². The summed E-state index contributed by atoms with van der Waals surface area (Å²) in [6.07, 6.45) is 0. The maximum Gasteiger partial charge on any atom is 0.252 e. The molecule has 2 aliphatic heterocycles. The topological polar surface area (TPSA) is 8.17 Å². The molecular formula is C31H21BN2. The van der Waals surface area contributed by atoms with E-state index in [4.69, 9.17) is 0 Å². The Balaban J connectivity index is 1.58. The first-order valence-electron chi connectivity index (χ1n) is 11.9. The van der Waals surface area contributed by atoms with E-state index in [2.05, 4.69) is 126 Å². The molecule has 0 aliphatic carbocycles. The number of fused-ring (bicyclic) bond motifs is 7. The van der Waals surface area contributed by atoms with Crippen LogP contribution in [0.5, 0.6) is 0 Å². The van der Waals surface area contributed by atoms with Gasteiger partial charge in [-0.2, -0.15) is 0 Å². The predicted molar refractivity (Wildman–Crippen MR) is 145 cm³/mol. The summed E-state index contributed by atoms with van der Waals surface area (Å²) in [7, 11) is 0. The number of rotatable bonds is 1. The lowest BCUT2D eigenvalue weighted by atomic mass is 9.33. The van der Waals surface area contributed by atoms with Crippen LogP contribution in [-0.4, -0.2) is 11.3 Å². The standard InChI is InChI=1S/C31H21BN2/c1-20-17-18-27-25(19-20)32-24-13-7-12-23-22-11-5-6-14-26(22)34(31(23)24)29-16-8-15-28(30(29)32)33(27)21-9-3-2-4-10-21/h2-19H,1H3. The molecule has 0 radical (unpaired) electrons. The molecular weight excluding hydrogens is 411 g/mol. The Morgan fingerprint density at radius 2 is 1.35 bits per heavy atom. The van der Waals surface area contributed by atoms with Crippen LogP contribution in [0.25, 0.3) is 27.5 Å². The van der Waals surface area contributed by atoms with E-state index in [9.17, 15) is 0 Å². The minimum absolute atomic E-state index is 0.210. The molecule has 0 unspecified atom stereocenters. The Morgan fingerprint density at radius 3 is 2.26 bits per heavy atom. The maximum absolute atomic E-state index is 2.50. The lowest BCUT2D eigenvalue weighted by Crippen LogP contribution is -2.60. The first-order chi connectivity index (χ1) is 16.8. The van der Waals surface area contributed by atoms with Crippen LogP contribution < -0.4 is 21.3 Å². The van der Waals surface area contributed by atoms with Crippen molar-refractivity contribution in [2.24, 2.45) is 0 Å². The maximum atomic E-state index is 2.50. The molecule has 3 heteroatoms. The van der Waals surface area contributed by atoms with E-state index < -0.39 is 0 Å². The smallest absolute Gasteiger partial charge is 0.252 e. The molecule has 0 fully saturated rings. The van der Waals surface area contributed by atoms with E-state index in [0.29, 0.717) is 0 Å². The Labute approximate surface area is 198 Å². The molecule has 0 saturated carbocycles. The number of benzene rings is 5. The predicted octanol–water partition coefficient (Wildman–Crippen LogP) is 5.70. The van der Waals surface area contributed by atoms with Gasteiger partial charge in [0.15, 0.2) is 0 Å². The van der Waals surface area contributed by atoms with Gasteiger partial charge in [-0.3, -0.25) is 0 Å². The third kappa shape index (κ3) is 2.17. The fraction of sp³-hybridized carbons (Fsp3) is 0.0323. The number of anilines is 3. The molecule has 34 heavy (non-hydrogen) atoms. The van der Waals surface area contributed by atoms with Crippen molar-refractivity contribution in [2.75, 3.05) is 4.90 Å². The van der Waals surface area contributed by atoms with Crippen LogP contribution in [0.2, 0.25) is 0 Å². The normalized spacial score (nSPS) is 13.3. The summed E-state index contributed by atoms with van der Waals surface area (Å²) in [6.45, 7) is 2.41. The molecule has 6 aromatic rings. The van der Waals surface area contributed by atoms with Crippen molar-refractivity contribution in [1.82, 2.24) is 4.57 Å². The number of aromatic nitrogens is 1. The van der Waals surface area contributed by atoms with Crippen molar-refractivity contribution in [1.29, 1.82) is 0 Å². The monoisotopic (exact) mass is 432 g/mol. The van der Waals surface area contributed by atoms with Gasteiger partial charge in [-0.1, -0.05) is 78.4 Å². The fourth-order valence-electron chi connectivity index (χ4n) is 6.33. The lowest BCUT2D eigenvalue weighted by Gasteiger charge is -2.40. The number of hydrogen-bond donors (Lipinski definition) is 0. The van der Waals surface area contributed by atoms with Gasteiger partial charge in [-0.05, 0) is 59.7 Å². The summed E-state index contributed by atoms with van der Waals surface area (Å²) >= 11 is 0. The zero-order valence-corrected chi connectivity index (χ0v) is 18.9. The summed E-state index contributed by atoms with van der Waals surface area (Å²) in [4.78, 5) is 2.45. The number of aryl methyl sites for hydroxylation is 1. The SMILES string of the molecule is Cc1ccc2c(c1)B1c3c(cccc3-n3c4ccccc4c4cccc1c43)N2c1ccccc1. The van der Waals surface area contributed by atoms with Gasteiger partial charge in [-0.15, -0.1) is 0 Å². The van der Waals surface area contributed by atoms with E-state index in [-0.39, 0.29) is 6.71 Å². The van der Waals surface area contributed by atoms with Gasteiger partial charge in [0, 0.05) is 39.0 Å². The van der Waals surface area contributed by atoms with Crippen LogP contribution in [-0.2, 0) is 0 Å². The van der Waals surface area contributed by atoms with Crippen LogP contribution in [0.15, 0.2) is 109 Å². The van der Waals surface area contributed by atoms with Crippen LogP contribution in [0, 0.1) is 6.92 Å². The first kappa shape index (κ1) is 18.2. The summed E-state index contributed by atoms with van der Waals surface area (Å²) in [5.41, 5.74) is 13.1. The highest BCUT2D eigenvalue weighted by Gasteiger charge is 2.41. The van der Waals surface area contributed by atoms with Crippen molar-refractivity contribution < 1.29 is 0 Å². The van der Waals surface area contributed by atoms with Crippen LogP contribution in [0.4, 0.5) is 17.1 Å². The molecule has 5 aromatic carbocycles. The molecule has 2 aliphatic rings. The zero-order valence-electron chi connectivity index (χ0n) is 18.9. The molecule has 8 rings (SSSR count). The summed E-state index contributed by atoms with van der Waals surface area (Å²) in [5, 5.41) is 2.66. The lowest BCUT2D eigenvalue weighted by molar-refractivity contribution is 1.18. The molecule has 0 bridgehead atoms. The van der Waals surface area contributed by atoms with Gasteiger partial charge < -0.3 is 9.47 Å². The molecule has 0 N–H and O–H groups in total. The molecule has 0 saturated heterocycles. The van der Waals surface area contributed by atoms with Crippen LogP contribution in [0.1, 0.15) is 5.56 Å². The van der Waals surface area contributed by atoms with Crippen LogP contribution >= 0.6 is 0 Å². The molecule has 3 heterocycles.